The van der Waals surface area contributed by atoms with E-state index in [4.69, 9.17) is 10.2 Å². The quantitative estimate of drug-likeness (QED) is 0.553. The minimum atomic E-state index is -1.24. The zero-order chi connectivity index (χ0) is 11.3. The molecule has 84 valence electrons. The van der Waals surface area contributed by atoms with Crippen LogP contribution in [0, 0.1) is 11.8 Å². The van der Waals surface area contributed by atoms with Crippen LogP contribution in [-0.4, -0.2) is 22.2 Å². The standard InChI is InChI=1S/C11H16O4/c12-10(13)9(11(14)15)8-6-4-2-1-3-5-7-8/h1-2,8-9H,3-7H2,(H,12,13)(H,14,15)/b2-1-. The van der Waals surface area contributed by atoms with Gasteiger partial charge in [0.1, 0.15) is 0 Å². The molecule has 0 heterocycles. The van der Waals surface area contributed by atoms with Crippen LogP contribution < -0.4 is 0 Å². The van der Waals surface area contributed by atoms with E-state index in [1.54, 1.807) is 0 Å². The van der Waals surface area contributed by atoms with Crippen LogP contribution in [0.1, 0.15) is 32.1 Å². The van der Waals surface area contributed by atoms with Crippen molar-refractivity contribution in [1.29, 1.82) is 0 Å². The van der Waals surface area contributed by atoms with Crippen LogP contribution in [0.15, 0.2) is 12.2 Å². The van der Waals surface area contributed by atoms with E-state index in [0.29, 0.717) is 12.8 Å². The van der Waals surface area contributed by atoms with Gasteiger partial charge in [-0.25, -0.2) is 0 Å². The van der Waals surface area contributed by atoms with E-state index in [2.05, 4.69) is 6.08 Å². The van der Waals surface area contributed by atoms with Gasteiger partial charge in [0.15, 0.2) is 5.92 Å². The highest BCUT2D eigenvalue weighted by molar-refractivity contribution is 5.93. The second-order valence-corrected chi connectivity index (χ2v) is 3.89. The lowest BCUT2D eigenvalue weighted by molar-refractivity contribution is -0.157. The molecule has 1 aliphatic carbocycles. The molecule has 0 saturated heterocycles. The molecule has 1 rings (SSSR count). The summed E-state index contributed by atoms with van der Waals surface area (Å²) in [6.07, 6.45) is 8.00. The fourth-order valence-electron chi connectivity index (χ4n) is 2.03. The van der Waals surface area contributed by atoms with Crippen LogP contribution in [0.2, 0.25) is 0 Å². The molecule has 0 aromatic carbocycles. The van der Waals surface area contributed by atoms with Gasteiger partial charge in [0, 0.05) is 0 Å². The molecule has 15 heavy (non-hydrogen) atoms. The van der Waals surface area contributed by atoms with E-state index >= 15 is 0 Å². The molecule has 1 atom stereocenters. The summed E-state index contributed by atoms with van der Waals surface area (Å²) in [6, 6.07) is 0. The van der Waals surface area contributed by atoms with Crippen molar-refractivity contribution in [2.24, 2.45) is 11.8 Å². The zero-order valence-electron chi connectivity index (χ0n) is 8.56. The molecule has 0 saturated carbocycles. The molecule has 0 fully saturated rings. The van der Waals surface area contributed by atoms with Crippen molar-refractivity contribution in [2.75, 3.05) is 0 Å². The first-order chi connectivity index (χ1) is 7.13. The molecule has 0 radical (unpaired) electrons. The number of rotatable bonds is 3. The summed E-state index contributed by atoms with van der Waals surface area (Å²) in [6.45, 7) is 0. The molecule has 0 aromatic heterocycles. The third-order valence-electron chi connectivity index (χ3n) is 2.82. The summed E-state index contributed by atoms with van der Waals surface area (Å²) in [7, 11) is 0. The minimum absolute atomic E-state index is 0.232. The van der Waals surface area contributed by atoms with Crippen molar-refractivity contribution >= 4 is 11.9 Å². The summed E-state index contributed by atoms with van der Waals surface area (Å²) in [4.78, 5) is 21.7. The van der Waals surface area contributed by atoms with Crippen LogP contribution in [0.25, 0.3) is 0 Å². The Morgan fingerprint density at radius 3 is 2.27 bits per heavy atom. The number of carboxylic acids is 2. The van der Waals surface area contributed by atoms with Gasteiger partial charge in [-0.3, -0.25) is 9.59 Å². The summed E-state index contributed by atoms with van der Waals surface area (Å²) in [5, 5.41) is 17.7. The minimum Gasteiger partial charge on any atom is -0.481 e. The van der Waals surface area contributed by atoms with E-state index in [0.717, 1.165) is 19.3 Å². The highest BCUT2D eigenvalue weighted by Gasteiger charge is 2.33. The molecule has 0 bridgehead atoms. The lowest BCUT2D eigenvalue weighted by Crippen LogP contribution is -2.31. The molecular weight excluding hydrogens is 196 g/mol. The summed E-state index contributed by atoms with van der Waals surface area (Å²) < 4.78 is 0. The largest absolute Gasteiger partial charge is 0.481 e. The lowest BCUT2D eigenvalue weighted by Gasteiger charge is -2.21. The molecule has 2 N–H and O–H groups in total. The normalized spacial score (nSPS) is 24.2. The average molecular weight is 212 g/mol. The predicted octanol–water partition coefficient (Wildman–Crippen LogP) is 1.91. The maximum Gasteiger partial charge on any atom is 0.318 e. The fraction of sp³-hybridized carbons (Fsp3) is 0.636. The number of carboxylic acid groups (broad SMARTS) is 2. The first-order valence-corrected chi connectivity index (χ1v) is 5.23. The Labute approximate surface area is 88.6 Å². The smallest absolute Gasteiger partial charge is 0.318 e. The highest BCUT2D eigenvalue weighted by atomic mass is 16.4. The number of aliphatic carboxylic acids is 2. The number of carbonyl (C=O) groups is 2. The topological polar surface area (TPSA) is 74.6 Å². The molecule has 0 aliphatic heterocycles. The molecule has 0 spiro atoms. The third kappa shape index (κ3) is 3.38. The monoisotopic (exact) mass is 212 g/mol. The van der Waals surface area contributed by atoms with Crippen LogP contribution in [-0.2, 0) is 9.59 Å². The summed E-state index contributed by atoms with van der Waals surface area (Å²) in [5.74, 6) is -3.89. The van der Waals surface area contributed by atoms with Crippen molar-refractivity contribution in [3.05, 3.63) is 12.2 Å². The maximum absolute atomic E-state index is 10.8. The van der Waals surface area contributed by atoms with Gasteiger partial charge in [-0.2, -0.15) is 0 Å². The Bertz CT molecular complexity index is 256. The SMILES string of the molecule is O=C(O)C(C(=O)O)C1CC/C=C\CCC1. The maximum atomic E-state index is 10.8. The van der Waals surface area contributed by atoms with E-state index in [9.17, 15) is 9.59 Å². The second-order valence-electron chi connectivity index (χ2n) is 3.89. The van der Waals surface area contributed by atoms with Gasteiger partial charge in [-0.05, 0) is 38.0 Å². The van der Waals surface area contributed by atoms with Crippen molar-refractivity contribution in [3.8, 4) is 0 Å². The van der Waals surface area contributed by atoms with Crippen molar-refractivity contribution in [3.63, 3.8) is 0 Å². The fourth-order valence-corrected chi connectivity index (χ4v) is 2.03. The highest BCUT2D eigenvalue weighted by Crippen LogP contribution is 2.26. The van der Waals surface area contributed by atoms with Gasteiger partial charge in [0.2, 0.25) is 0 Å². The number of hydrogen-bond donors (Lipinski definition) is 2. The lowest BCUT2D eigenvalue weighted by atomic mass is 9.83. The molecule has 1 unspecified atom stereocenters. The van der Waals surface area contributed by atoms with Gasteiger partial charge in [0.25, 0.3) is 0 Å². The number of hydrogen-bond acceptors (Lipinski definition) is 2. The molecule has 4 nitrogen and oxygen atoms in total. The van der Waals surface area contributed by atoms with Gasteiger partial charge in [-0.15, -0.1) is 0 Å². The molecule has 0 aromatic rings. The van der Waals surface area contributed by atoms with Crippen LogP contribution in [0.3, 0.4) is 0 Å². The van der Waals surface area contributed by atoms with Gasteiger partial charge < -0.3 is 10.2 Å². The molecule has 1 aliphatic rings. The second kappa shape index (κ2) is 5.53. The van der Waals surface area contributed by atoms with E-state index < -0.39 is 17.9 Å². The molecular formula is C11H16O4. The van der Waals surface area contributed by atoms with Gasteiger partial charge in [0.05, 0.1) is 0 Å². The predicted molar refractivity (Wildman–Crippen MR) is 54.5 cm³/mol. The van der Waals surface area contributed by atoms with Gasteiger partial charge in [-0.1, -0.05) is 12.2 Å². The molecule has 4 heteroatoms. The van der Waals surface area contributed by atoms with Crippen LogP contribution in [0.4, 0.5) is 0 Å². The molecule has 0 amide bonds. The Balaban J connectivity index is 2.69. The van der Waals surface area contributed by atoms with E-state index in [1.165, 1.54) is 0 Å². The van der Waals surface area contributed by atoms with E-state index in [-0.39, 0.29) is 5.92 Å². The van der Waals surface area contributed by atoms with Crippen LogP contribution >= 0.6 is 0 Å². The first-order valence-electron chi connectivity index (χ1n) is 5.23. The van der Waals surface area contributed by atoms with E-state index in [1.807, 2.05) is 6.08 Å². The van der Waals surface area contributed by atoms with Crippen LogP contribution in [0.5, 0.6) is 0 Å². The first kappa shape index (κ1) is 11.8. The average Bonchev–Trinajstić information content (AvgIpc) is 2.07. The zero-order valence-corrected chi connectivity index (χ0v) is 8.56. The Morgan fingerprint density at radius 1 is 1.07 bits per heavy atom. The summed E-state index contributed by atoms with van der Waals surface area (Å²) in [5.41, 5.74) is 0. The number of allylic oxidation sites excluding steroid dienone is 2. The summed E-state index contributed by atoms with van der Waals surface area (Å²) >= 11 is 0. The van der Waals surface area contributed by atoms with Crippen molar-refractivity contribution in [1.82, 2.24) is 0 Å². The Hall–Kier alpha value is -1.32. The van der Waals surface area contributed by atoms with Crippen molar-refractivity contribution in [2.45, 2.75) is 32.1 Å². The van der Waals surface area contributed by atoms with Gasteiger partial charge >= 0.3 is 11.9 Å². The Morgan fingerprint density at radius 2 is 1.67 bits per heavy atom. The third-order valence-corrected chi connectivity index (χ3v) is 2.82. The Kier molecular flexibility index (Phi) is 4.34. The van der Waals surface area contributed by atoms with Crippen molar-refractivity contribution < 1.29 is 19.8 Å².